The number of ether oxygens (including phenoxy) is 1. The van der Waals surface area contributed by atoms with Crippen molar-refractivity contribution in [2.75, 3.05) is 6.61 Å². The monoisotopic (exact) mass is 311 g/mol. The Morgan fingerprint density at radius 1 is 1.43 bits per heavy atom. The van der Waals surface area contributed by atoms with E-state index in [0.717, 1.165) is 42.0 Å². The van der Waals surface area contributed by atoms with Gasteiger partial charge in [0.15, 0.2) is 6.29 Å². The van der Waals surface area contributed by atoms with E-state index in [-0.39, 0.29) is 5.97 Å². The van der Waals surface area contributed by atoms with Gasteiger partial charge in [-0.2, -0.15) is 0 Å². The minimum Gasteiger partial charge on any atom is -0.466 e. The molecule has 1 aromatic carbocycles. The number of hydrogen-bond donors (Lipinski definition) is 1. The van der Waals surface area contributed by atoms with Crippen molar-refractivity contribution in [1.82, 2.24) is 4.98 Å². The molecule has 0 amide bonds. The third kappa shape index (κ3) is 3.36. The van der Waals surface area contributed by atoms with Crippen LogP contribution in [-0.4, -0.2) is 23.8 Å². The van der Waals surface area contributed by atoms with Crippen molar-refractivity contribution in [1.29, 1.82) is 0 Å². The van der Waals surface area contributed by atoms with Crippen LogP contribution < -0.4 is 0 Å². The standard InChI is InChI=1S/C19H21NO3/c1-2-23-19(22)9-13-3-5-14(6-4-13)15-7-8-18-17(10-15)16(12-21)11-20-18/h5,7-8,10-13,20H,2-4,6,9H2,1H3. The molecule has 1 unspecified atom stereocenters. The molecule has 1 aromatic heterocycles. The van der Waals surface area contributed by atoms with Crippen molar-refractivity contribution in [3.8, 4) is 0 Å². The first kappa shape index (κ1) is 15.5. The molecule has 1 N–H and O–H groups in total. The van der Waals surface area contributed by atoms with E-state index >= 15 is 0 Å². The van der Waals surface area contributed by atoms with Gasteiger partial charge in [-0.15, -0.1) is 0 Å². The summed E-state index contributed by atoms with van der Waals surface area (Å²) in [7, 11) is 0. The molecule has 120 valence electrons. The first-order chi connectivity index (χ1) is 11.2. The minimum absolute atomic E-state index is 0.0984. The minimum atomic E-state index is -0.0984. The second kappa shape index (κ2) is 6.82. The van der Waals surface area contributed by atoms with Crippen molar-refractivity contribution in [3.63, 3.8) is 0 Å². The summed E-state index contributed by atoms with van der Waals surface area (Å²) in [6.45, 7) is 2.28. The first-order valence-corrected chi connectivity index (χ1v) is 8.12. The summed E-state index contributed by atoms with van der Waals surface area (Å²) < 4.78 is 5.02. The highest BCUT2D eigenvalue weighted by molar-refractivity contribution is 5.98. The van der Waals surface area contributed by atoms with Crippen LogP contribution in [0.3, 0.4) is 0 Å². The van der Waals surface area contributed by atoms with Crippen LogP contribution >= 0.6 is 0 Å². The molecule has 0 spiro atoms. The molecular weight excluding hydrogens is 290 g/mol. The number of nitrogens with one attached hydrogen (secondary N) is 1. The summed E-state index contributed by atoms with van der Waals surface area (Å²) in [6, 6.07) is 6.18. The smallest absolute Gasteiger partial charge is 0.306 e. The molecule has 0 saturated heterocycles. The zero-order chi connectivity index (χ0) is 16.2. The molecule has 0 fully saturated rings. The van der Waals surface area contributed by atoms with Gasteiger partial charge >= 0.3 is 5.97 Å². The van der Waals surface area contributed by atoms with Crippen LogP contribution in [0, 0.1) is 5.92 Å². The molecule has 4 heteroatoms. The van der Waals surface area contributed by atoms with Crippen molar-refractivity contribution >= 4 is 28.7 Å². The van der Waals surface area contributed by atoms with E-state index in [9.17, 15) is 9.59 Å². The lowest BCUT2D eigenvalue weighted by atomic mass is 9.84. The Bertz CT molecular complexity index is 757. The SMILES string of the molecule is CCOC(=O)CC1CC=C(c2ccc3[nH]cc(C=O)c3c2)CC1. The Kier molecular flexibility index (Phi) is 4.60. The van der Waals surface area contributed by atoms with Gasteiger partial charge in [0.25, 0.3) is 0 Å². The molecule has 0 bridgehead atoms. The number of aromatic amines is 1. The number of aromatic nitrogens is 1. The van der Waals surface area contributed by atoms with Gasteiger partial charge in [-0.1, -0.05) is 12.1 Å². The maximum absolute atomic E-state index is 11.6. The summed E-state index contributed by atoms with van der Waals surface area (Å²) in [5.41, 5.74) is 4.13. The zero-order valence-corrected chi connectivity index (χ0v) is 13.3. The highest BCUT2D eigenvalue weighted by atomic mass is 16.5. The number of carbonyl (C=O) groups is 2. The van der Waals surface area contributed by atoms with Gasteiger partial charge in [0.2, 0.25) is 0 Å². The van der Waals surface area contributed by atoms with E-state index in [0.29, 0.717) is 24.5 Å². The topological polar surface area (TPSA) is 59.2 Å². The predicted octanol–water partition coefficient (Wildman–Crippen LogP) is 4.12. The highest BCUT2D eigenvalue weighted by Crippen LogP contribution is 2.33. The van der Waals surface area contributed by atoms with Gasteiger partial charge < -0.3 is 9.72 Å². The van der Waals surface area contributed by atoms with Crippen molar-refractivity contribution in [2.24, 2.45) is 5.92 Å². The molecule has 2 aromatic rings. The summed E-state index contributed by atoms with van der Waals surface area (Å²) in [5, 5.41) is 0.965. The third-order valence-corrected chi connectivity index (χ3v) is 4.49. The Morgan fingerprint density at radius 3 is 3.00 bits per heavy atom. The van der Waals surface area contributed by atoms with Crippen molar-refractivity contribution in [2.45, 2.75) is 32.6 Å². The van der Waals surface area contributed by atoms with Crippen molar-refractivity contribution in [3.05, 3.63) is 41.6 Å². The molecule has 0 radical (unpaired) electrons. The molecule has 4 nitrogen and oxygen atoms in total. The lowest BCUT2D eigenvalue weighted by molar-refractivity contribution is -0.144. The predicted molar refractivity (Wildman–Crippen MR) is 90.3 cm³/mol. The fourth-order valence-corrected chi connectivity index (χ4v) is 3.23. The number of benzene rings is 1. The van der Waals surface area contributed by atoms with Crippen LogP contribution in [0.4, 0.5) is 0 Å². The molecule has 1 heterocycles. The Labute approximate surface area is 135 Å². The summed E-state index contributed by atoms with van der Waals surface area (Å²) in [6.07, 6.45) is 8.21. The molecule has 1 aliphatic carbocycles. The molecule has 0 saturated carbocycles. The fourth-order valence-electron chi connectivity index (χ4n) is 3.23. The van der Waals surface area contributed by atoms with Crippen LogP contribution in [-0.2, 0) is 9.53 Å². The average Bonchev–Trinajstić information content (AvgIpc) is 2.98. The number of allylic oxidation sites excluding steroid dienone is 2. The average molecular weight is 311 g/mol. The number of fused-ring (bicyclic) bond motifs is 1. The maximum atomic E-state index is 11.6. The molecule has 0 aliphatic heterocycles. The quantitative estimate of drug-likeness (QED) is 0.667. The van der Waals surface area contributed by atoms with Gasteiger partial charge in [0.05, 0.1) is 6.61 Å². The second-order valence-corrected chi connectivity index (χ2v) is 6.00. The zero-order valence-electron chi connectivity index (χ0n) is 13.3. The molecular formula is C19H21NO3. The lowest BCUT2D eigenvalue weighted by Gasteiger charge is -2.21. The Morgan fingerprint density at radius 2 is 2.30 bits per heavy atom. The van der Waals surface area contributed by atoms with Crippen LogP contribution in [0.1, 0.15) is 48.5 Å². The second-order valence-electron chi connectivity index (χ2n) is 6.00. The molecule has 23 heavy (non-hydrogen) atoms. The largest absolute Gasteiger partial charge is 0.466 e. The number of aldehydes is 1. The summed E-state index contributed by atoms with van der Waals surface area (Å²) in [5.74, 6) is 0.276. The van der Waals surface area contributed by atoms with E-state index in [4.69, 9.17) is 4.74 Å². The Hall–Kier alpha value is -2.36. The van der Waals surface area contributed by atoms with E-state index in [2.05, 4.69) is 23.2 Å². The first-order valence-electron chi connectivity index (χ1n) is 8.12. The van der Waals surface area contributed by atoms with Crippen molar-refractivity contribution < 1.29 is 14.3 Å². The number of hydrogen-bond acceptors (Lipinski definition) is 3. The normalized spacial score (nSPS) is 17.8. The van der Waals surface area contributed by atoms with Gasteiger partial charge in [0.1, 0.15) is 0 Å². The number of rotatable bonds is 5. The van der Waals surface area contributed by atoms with Crippen LogP contribution in [0.25, 0.3) is 16.5 Å². The van der Waals surface area contributed by atoms with E-state index in [1.807, 2.05) is 13.0 Å². The number of esters is 1. The van der Waals surface area contributed by atoms with Crippen LogP contribution in [0.2, 0.25) is 0 Å². The van der Waals surface area contributed by atoms with E-state index in [1.165, 1.54) is 5.57 Å². The van der Waals surface area contributed by atoms with Gasteiger partial charge in [-0.3, -0.25) is 9.59 Å². The number of H-pyrrole nitrogens is 1. The van der Waals surface area contributed by atoms with Gasteiger partial charge in [-0.25, -0.2) is 0 Å². The van der Waals surface area contributed by atoms with E-state index < -0.39 is 0 Å². The number of carbonyl (C=O) groups excluding carboxylic acids is 2. The summed E-state index contributed by atoms with van der Waals surface area (Å²) >= 11 is 0. The third-order valence-electron chi connectivity index (χ3n) is 4.49. The van der Waals surface area contributed by atoms with E-state index in [1.54, 1.807) is 6.20 Å². The summed E-state index contributed by atoms with van der Waals surface area (Å²) in [4.78, 5) is 25.8. The molecule has 3 rings (SSSR count). The highest BCUT2D eigenvalue weighted by Gasteiger charge is 2.19. The van der Waals surface area contributed by atoms with Crippen LogP contribution in [0.5, 0.6) is 0 Å². The van der Waals surface area contributed by atoms with Gasteiger partial charge in [0, 0.05) is 29.1 Å². The maximum Gasteiger partial charge on any atom is 0.306 e. The lowest BCUT2D eigenvalue weighted by Crippen LogP contribution is -2.13. The van der Waals surface area contributed by atoms with Crippen LogP contribution in [0.15, 0.2) is 30.5 Å². The fraction of sp³-hybridized carbons (Fsp3) is 0.368. The Balaban J connectivity index is 1.74. The van der Waals surface area contributed by atoms with Gasteiger partial charge in [-0.05, 0) is 55.4 Å². The molecule has 1 aliphatic rings. The molecule has 1 atom stereocenters.